The molecule has 1 N–H and O–H groups in total. The van der Waals surface area contributed by atoms with Crippen molar-refractivity contribution in [1.82, 2.24) is 4.98 Å². The summed E-state index contributed by atoms with van der Waals surface area (Å²) in [5.41, 5.74) is -1.28. The summed E-state index contributed by atoms with van der Waals surface area (Å²) in [6.45, 7) is 1.71. The zero-order valence-electron chi connectivity index (χ0n) is 8.21. The molecule has 0 aliphatic rings. The predicted octanol–water partition coefficient (Wildman–Crippen LogP) is 2.91. The zero-order chi connectivity index (χ0) is 12.3. The molecule has 3 nitrogen and oxygen atoms in total. The van der Waals surface area contributed by atoms with Crippen LogP contribution in [-0.4, -0.2) is 21.8 Å². The van der Waals surface area contributed by atoms with Gasteiger partial charge < -0.3 is 5.11 Å². The van der Waals surface area contributed by atoms with Gasteiger partial charge in [-0.25, -0.2) is 9.78 Å². The van der Waals surface area contributed by atoms with Gasteiger partial charge in [0.25, 0.3) is 0 Å². The minimum absolute atomic E-state index is 0.107. The topological polar surface area (TPSA) is 50.2 Å². The fraction of sp³-hybridized carbons (Fsp3) is 0.333. The molecule has 1 rings (SSSR count). The summed E-state index contributed by atoms with van der Waals surface area (Å²) >= 11 is 0.969. The third kappa shape index (κ3) is 2.88. The smallest absolute Gasteiger partial charge is 0.433 e. The molecular formula is C9H8F3NO2S. The number of alkyl halides is 3. The minimum atomic E-state index is -4.56. The summed E-state index contributed by atoms with van der Waals surface area (Å²) in [6.07, 6.45) is -4.56. The van der Waals surface area contributed by atoms with Crippen LogP contribution in [0.2, 0.25) is 0 Å². The van der Waals surface area contributed by atoms with E-state index in [2.05, 4.69) is 4.98 Å². The Bertz CT molecular complexity index is 406. The lowest BCUT2D eigenvalue weighted by Crippen LogP contribution is -2.11. The van der Waals surface area contributed by atoms with Crippen molar-refractivity contribution in [2.24, 2.45) is 0 Å². The Balaban J connectivity index is 3.22. The average molecular weight is 251 g/mol. The van der Waals surface area contributed by atoms with Gasteiger partial charge in [0.1, 0.15) is 10.7 Å². The van der Waals surface area contributed by atoms with E-state index >= 15 is 0 Å². The first-order valence-corrected chi connectivity index (χ1v) is 5.29. The monoisotopic (exact) mass is 251 g/mol. The molecule has 1 aromatic rings. The van der Waals surface area contributed by atoms with E-state index in [4.69, 9.17) is 5.11 Å². The largest absolute Gasteiger partial charge is 0.478 e. The van der Waals surface area contributed by atoms with Crippen molar-refractivity contribution < 1.29 is 23.1 Å². The van der Waals surface area contributed by atoms with Crippen molar-refractivity contribution in [3.8, 4) is 0 Å². The number of carbonyl (C=O) groups is 1. The van der Waals surface area contributed by atoms with Gasteiger partial charge in [0.2, 0.25) is 0 Å². The maximum atomic E-state index is 12.3. The number of thioether (sulfide) groups is 1. The van der Waals surface area contributed by atoms with E-state index in [0.717, 1.165) is 17.8 Å². The van der Waals surface area contributed by atoms with Crippen LogP contribution >= 0.6 is 11.8 Å². The zero-order valence-corrected chi connectivity index (χ0v) is 9.02. The molecule has 7 heteroatoms. The number of hydrogen-bond acceptors (Lipinski definition) is 3. The van der Waals surface area contributed by atoms with Crippen molar-refractivity contribution in [2.45, 2.75) is 18.1 Å². The van der Waals surface area contributed by atoms with Gasteiger partial charge in [-0.3, -0.25) is 0 Å². The lowest BCUT2D eigenvalue weighted by molar-refractivity contribution is -0.141. The van der Waals surface area contributed by atoms with E-state index in [-0.39, 0.29) is 10.6 Å². The van der Waals surface area contributed by atoms with Crippen molar-refractivity contribution >= 4 is 17.7 Å². The third-order valence-corrected chi connectivity index (χ3v) is 2.54. The van der Waals surface area contributed by atoms with E-state index in [0.29, 0.717) is 11.8 Å². The molecule has 0 aliphatic carbocycles. The molecule has 0 bridgehead atoms. The van der Waals surface area contributed by atoms with E-state index < -0.39 is 17.8 Å². The molecule has 0 atom stereocenters. The third-order valence-electron chi connectivity index (χ3n) is 1.66. The molecule has 0 amide bonds. The second-order valence-electron chi connectivity index (χ2n) is 2.79. The van der Waals surface area contributed by atoms with Crippen LogP contribution in [0.5, 0.6) is 0 Å². The molecule has 0 aromatic carbocycles. The van der Waals surface area contributed by atoms with Crippen LogP contribution in [0, 0.1) is 0 Å². The van der Waals surface area contributed by atoms with Crippen LogP contribution in [0.15, 0.2) is 17.2 Å². The van der Waals surface area contributed by atoms with E-state index in [1.54, 1.807) is 6.92 Å². The number of carboxylic acids is 1. The fourth-order valence-electron chi connectivity index (χ4n) is 1.01. The number of halogens is 3. The van der Waals surface area contributed by atoms with Crippen LogP contribution < -0.4 is 0 Å². The second-order valence-corrected chi connectivity index (χ2v) is 4.04. The molecule has 16 heavy (non-hydrogen) atoms. The summed E-state index contributed by atoms with van der Waals surface area (Å²) in [7, 11) is 0. The maximum Gasteiger partial charge on any atom is 0.433 e. The van der Waals surface area contributed by atoms with Crippen molar-refractivity contribution in [1.29, 1.82) is 0 Å². The molecule has 0 spiro atoms. The first kappa shape index (κ1) is 12.8. The Hall–Kier alpha value is -1.24. The molecule has 0 saturated carbocycles. The lowest BCUT2D eigenvalue weighted by atomic mass is 10.2. The van der Waals surface area contributed by atoms with Crippen molar-refractivity contribution in [2.75, 3.05) is 5.75 Å². The number of aromatic nitrogens is 1. The molecule has 1 heterocycles. The average Bonchev–Trinajstić information content (AvgIpc) is 2.16. The van der Waals surface area contributed by atoms with E-state index in [1.165, 1.54) is 0 Å². The minimum Gasteiger partial charge on any atom is -0.478 e. The number of aromatic carboxylic acids is 1. The van der Waals surface area contributed by atoms with Gasteiger partial charge in [-0.2, -0.15) is 13.2 Å². The number of pyridine rings is 1. The highest BCUT2D eigenvalue weighted by Gasteiger charge is 2.33. The van der Waals surface area contributed by atoms with Crippen LogP contribution in [0.25, 0.3) is 0 Å². The number of nitrogens with zero attached hydrogens (tertiary/aromatic N) is 1. The van der Waals surface area contributed by atoms with E-state index in [1.807, 2.05) is 0 Å². The first-order chi connectivity index (χ1) is 7.36. The Labute approximate surface area is 93.7 Å². The predicted molar refractivity (Wildman–Crippen MR) is 52.6 cm³/mol. The van der Waals surface area contributed by atoms with Crippen molar-refractivity contribution in [3.05, 3.63) is 23.4 Å². The highest BCUT2D eigenvalue weighted by Crippen LogP contribution is 2.30. The second kappa shape index (κ2) is 4.73. The van der Waals surface area contributed by atoms with Gasteiger partial charge in [-0.1, -0.05) is 6.92 Å². The molecule has 88 valence electrons. The lowest BCUT2D eigenvalue weighted by Gasteiger charge is -2.09. The van der Waals surface area contributed by atoms with Gasteiger partial charge in [0.15, 0.2) is 0 Å². The normalized spacial score (nSPS) is 11.5. The number of carboxylic acid groups (broad SMARTS) is 1. The highest BCUT2D eigenvalue weighted by atomic mass is 32.2. The van der Waals surface area contributed by atoms with Crippen LogP contribution in [0.4, 0.5) is 13.2 Å². The molecular weight excluding hydrogens is 243 g/mol. The maximum absolute atomic E-state index is 12.3. The summed E-state index contributed by atoms with van der Waals surface area (Å²) < 4.78 is 37.0. The van der Waals surface area contributed by atoms with E-state index in [9.17, 15) is 18.0 Å². The van der Waals surface area contributed by atoms with Crippen LogP contribution in [-0.2, 0) is 6.18 Å². The van der Waals surface area contributed by atoms with Gasteiger partial charge in [0, 0.05) is 0 Å². The fourth-order valence-corrected chi connectivity index (χ4v) is 1.76. The molecule has 0 unspecified atom stereocenters. The van der Waals surface area contributed by atoms with Gasteiger partial charge in [-0.05, 0) is 17.9 Å². The van der Waals surface area contributed by atoms with Crippen LogP contribution in [0.3, 0.4) is 0 Å². The molecule has 0 radical (unpaired) electrons. The Morgan fingerprint density at radius 3 is 2.56 bits per heavy atom. The Kier molecular flexibility index (Phi) is 3.79. The Morgan fingerprint density at radius 1 is 1.50 bits per heavy atom. The molecule has 0 fully saturated rings. The SMILES string of the molecule is CCSc1nc(C(F)(F)F)ccc1C(=O)O. The summed E-state index contributed by atoms with van der Waals surface area (Å²) in [6, 6.07) is 1.60. The standard InChI is InChI=1S/C9H8F3NO2S/c1-2-16-7-5(8(14)15)3-4-6(13-7)9(10,11)12/h3-4H,2H2,1H3,(H,14,15). The number of hydrogen-bond donors (Lipinski definition) is 1. The van der Waals surface area contributed by atoms with Gasteiger partial charge in [0.05, 0.1) is 5.56 Å². The van der Waals surface area contributed by atoms with Crippen molar-refractivity contribution in [3.63, 3.8) is 0 Å². The molecule has 0 aliphatic heterocycles. The molecule has 1 aromatic heterocycles. The van der Waals surface area contributed by atoms with Crippen LogP contribution in [0.1, 0.15) is 23.0 Å². The summed E-state index contributed by atoms with van der Waals surface area (Å²) in [5.74, 6) is -0.827. The molecule has 0 saturated heterocycles. The highest BCUT2D eigenvalue weighted by molar-refractivity contribution is 7.99. The number of rotatable bonds is 3. The van der Waals surface area contributed by atoms with Gasteiger partial charge in [-0.15, -0.1) is 11.8 Å². The quantitative estimate of drug-likeness (QED) is 0.839. The van der Waals surface area contributed by atoms with Gasteiger partial charge >= 0.3 is 12.1 Å². The Morgan fingerprint density at radius 2 is 2.12 bits per heavy atom. The summed E-state index contributed by atoms with van der Waals surface area (Å²) in [5, 5.41) is 8.64. The first-order valence-electron chi connectivity index (χ1n) is 4.30. The summed E-state index contributed by atoms with van der Waals surface area (Å²) in [4.78, 5) is 14.0.